The van der Waals surface area contributed by atoms with Gasteiger partial charge >= 0.3 is 12.1 Å². The highest BCUT2D eigenvalue weighted by Gasteiger charge is 2.38. The molecule has 1 amide bonds. The summed E-state index contributed by atoms with van der Waals surface area (Å²) < 4.78 is 42.6. The lowest BCUT2D eigenvalue weighted by atomic mass is 10.2. The molecular formula is C12H13F3N2O4. The van der Waals surface area contributed by atoms with Crippen LogP contribution in [0.3, 0.4) is 0 Å². The Balaban J connectivity index is 2.89. The van der Waals surface area contributed by atoms with Crippen LogP contribution in [0.5, 0.6) is 0 Å². The van der Waals surface area contributed by atoms with Crippen molar-refractivity contribution in [2.45, 2.75) is 19.1 Å². The van der Waals surface area contributed by atoms with Gasteiger partial charge in [0.1, 0.15) is 11.7 Å². The van der Waals surface area contributed by atoms with E-state index in [0.717, 1.165) is 26.3 Å². The van der Waals surface area contributed by atoms with E-state index in [-0.39, 0.29) is 11.3 Å². The average molecular weight is 306 g/mol. The van der Waals surface area contributed by atoms with Gasteiger partial charge in [-0.2, -0.15) is 13.2 Å². The van der Waals surface area contributed by atoms with Crippen molar-refractivity contribution in [2.24, 2.45) is 7.05 Å². The van der Waals surface area contributed by atoms with Gasteiger partial charge in [0, 0.05) is 18.8 Å². The van der Waals surface area contributed by atoms with Gasteiger partial charge in [0.05, 0.1) is 7.11 Å². The topological polar surface area (TPSA) is 77.4 Å². The van der Waals surface area contributed by atoms with Crippen LogP contribution < -0.4 is 5.32 Å². The molecule has 0 aromatic carbocycles. The van der Waals surface area contributed by atoms with Crippen molar-refractivity contribution >= 4 is 17.7 Å². The molecule has 6 nitrogen and oxygen atoms in total. The maximum absolute atomic E-state index is 12.3. The first-order chi connectivity index (χ1) is 9.57. The number of aryl methyl sites for hydroxylation is 1. The van der Waals surface area contributed by atoms with Crippen LogP contribution in [0.15, 0.2) is 12.3 Å². The van der Waals surface area contributed by atoms with E-state index < -0.39 is 29.9 Å². The molecule has 1 rings (SSSR count). The van der Waals surface area contributed by atoms with Crippen LogP contribution in [0.2, 0.25) is 0 Å². The number of ketones is 1. The van der Waals surface area contributed by atoms with Crippen LogP contribution in [0.4, 0.5) is 13.2 Å². The molecule has 1 atom stereocenters. The van der Waals surface area contributed by atoms with Crippen molar-refractivity contribution < 1.29 is 32.3 Å². The molecule has 0 saturated heterocycles. The summed E-state index contributed by atoms with van der Waals surface area (Å²) in [4.78, 5) is 34.6. The number of ether oxygens (including phenoxy) is 1. The number of hydrogen-bond acceptors (Lipinski definition) is 4. The van der Waals surface area contributed by atoms with Gasteiger partial charge in [-0.15, -0.1) is 0 Å². The highest BCUT2D eigenvalue weighted by molar-refractivity contribution is 6.43. The third-order valence-corrected chi connectivity index (χ3v) is 2.71. The number of aromatic nitrogens is 1. The second kappa shape index (κ2) is 5.98. The van der Waals surface area contributed by atoms with Crippen molar-refractivity contribution in [3.05, 3.63) is 23.5 Å². The number of hydrogen-bond donors (Lipinski definition) is 1. The number of rotatable bonds is 4. The smallest absolute Gasteiger partial charge is 0.408 e. The minimum atomic E-state index is -4.65. The Morgan fingerprint density at radius 3 is 2.38 bits per heavy atom. The lowest BCUT2D eigenvalue weighted by Crippen LogP contribution is -2.45. The number of nitrogens with zero attached hydrogens (tertiary/aromatic N) is 1. The molecule has 0 unspecified atom stereocenters. The van der Waals surface area contributed by atoms with Crippen LogP contribution >= 0.6 is 0 Å². The summed E-state index contributed by atoms with van der Waals surface area (Å²) in [6.07, 6.45) is -3.49. The number of esters is 1. The molecule has 116 valence electrons. The summed E-state index contributed by atoms with van der Waals surface area (Å²) in [6.45, 7) is 0.718. The lowest BCUT2D eigenvalue weighted by Gasteiger charge is -2.16. The van der Waals surface area contributed by atoms with Crippen molar-refractivity contribution in [3.63, 3.8) is 0 Å². The van der Waals surface area contributed by atoms with Gasteiger partial charge in [0.15, 0.2) is 0 Å². The molecule has 1 heterocycles. The summed E-state index contributed by atoms with van der Waals surface area (Å²) in [5.41, 5.74) is -0.206. The van der Waals surface area contributed by atoms with Crippen molar-refractivity contribution in [1.29, 1.82) is 0 Å². The maximum atomic E-state index is 12.3. The monoisotopic (exact) mass is 306 g/mol. The minimum absolute atomic E-state index is 0.00230. The zero-order chi connectivity index (χ0) is 16.4. The fourth-order valence-corrected chi connectivity index (χ4v) is 1.47. The molecule has 1 N–H and O–H groups in total. The number of carbonyl (C=O) groups is 3. The molecule has 0 saturated carbocycles. The van der Waals surface area contributed by atoms with Gasteiger partial charge in [-0.05, 0) is 13.0 Å². The number of Topliss-reactive ketones (excluding diaryl/α,β-unsaturated/α-hetero) is 1. The van der Waals surface area contributed by atoms with E-state index in [2.05, 4.69) is 4.74 Å². The van der Waals surface area contributed by atoms with Crippen LogP contribution in [-0.2, 0) is 16.6 Å². The normalized spacial score (nSPS) is 12.7. The number of amides is 1. The molecule has 0 aliphatic heterocycles. The molecular weight excluding hydrogens is 293 g/mol. The second-order valence-electron chi connectivity index (χ2n) is 4.28. The van der Waals surface area contributed by atoms with Crippen molar-refractivity contribution in [1.82, 2.24) is 9.88 Å². The standard InChI is InChI=1S/C12H13F3N2O4/c1-6(12(13,14)15)16-10(19)9(18)7-4-8(11(20)21-3)17(2)5-7/h4-6H,1-3H3,(H,16,19)/t6-/m0/s1. The molecule has 0 aliphatic carbocycles. The number of alkyl halides is 3. The van der Waals surface area contributed by atoms with E-state index >= 15 is 0 Å². The molecule has 21 heavy (non-hydrogen) atoms. The van der Waals surface area contributed by atoms with E-state index in [0.29, 0.717) is 0 Å². The molecule has 0 radical (unpaired) electrons. The Kier molecular flexibility index (Phi) is 4.77. The average Bonchev–Trinajstić information content (AvgIpc) is 2.77. The highest BCUT2D eigenvalue weighted by Crippen LogP contribution is 2.19. The zero-order valence-electron chi connectivity index (χ0n) is 11.4. The number of methoxy groups -OCH3 is 1. The third-order valence-electron chi connectivity index (χ3n) is 2.71. The molecule has 1 aromatic heterocycles. The first kappa shape index (κ1) is 16.7. The number of carbonyl (C=O) groups excluding carboxylic acids is 3. The van der Waals surface area contributed by atoms with Gasteiger partial charge in [0.25, 0.3) is 11.7 Å². The molecule has 1 aromatic rings. The van der Waals surface area contributed by atoms with E-state index in [4.69, 9.17) is 0 Å². The van der Waals surface area contributed by atoms with E-state index in [9.17, 15) is 27.6 Å². The minimum Gasteiger partial charge on any atom is -0.464 e. The largest absolute Gasteiger partial charge is 0.464 e. The molecule has 0 spiro atoms. The predicted octanol–water partition coefficient (Wildman–Crippen LogP) is 1.06. The molecule has 9 heteroatoms. The Bertz CT molecular complexity index is 578. The van der Waals surface area contributed by atoms with Gasteiger partial charge in [-0.25, -0.2) is 4.79 Å². The Morgan fingerprint density at radius 2 is 1.90 bits per heavy atom. The molecule has 0 bridgehead atoms. The SMILES string of the molecule is COC(=O)c1cc(C(=O)C(=O)N[C@@H](C)C(F)(F)F)cn1C. The molecule has 0 fully saturated rings. The zero-order valence-corrected chi connectivity index (χ0v) is 11.4. The van der Waals surface area contributed by atoms with E-state index in [1.165, 1.54) is 11.6 Å². The Labute approximate surface area is 117 Å². The Hall–Kier alpha value is -2.32. The van der Waals surface area contributed by atoms with Crippen LogP contribution in [0.1, 0.15) is 27.8 Å². The van der Waals surface area contributed by atoms with Crippen LogP contribution in [0, 0.1) is 0 Å². The van der Waals surface area contributed by atoms with Gasteiger partial charge < -0.3 is 14.6 Å². The number of halogens is 3. The van der Waals surface area contributed by atoms with Crippen molar-refractivity contribution in [3.8, 4) is 0 Å². The van der Waals surface area contributed by atoms with Gasteiger partial charge in [-0.3, -0.25) is 9.59 Å². The summed E-state index contributed by atoms with van der Waals surface area (Å²) in [5.74, 6) is -3.31. The van der Waals surface area contributed by atoms with E-state index in [1.54, 1.807) is 5.32 Å². The third kappa shape index (κ3) is 3.83. The summed E-state index contributed by atoms with van der Waals surface area (Å²) in [7, 11) is 2.56. The summed E-state index contributed by atoms with van der Waals surface area (Å²) in [6, 6.07) is -1.08. The van der Waals surface area contributed by atoms with Crippen LogP contribution in [-0.4, -0.2) is 41.6 Å². The fourth-order valence-electron chi connectivity index (χ4n) is 1.47. The summed E-state index contributed by atoms with van der Waals surface area (Å²) in [5, 5.41) is 1.55. The lowest BCUT2D eigenvalue weighted by molar-refractivity contribution is -0.156. The first-order valence-corrected chi connectivity index (χ1v) is 5.74. The number of nitrogens with one attached hydrogen (secondary N) is 1. The summed E-state index contributed by atoms with van der Waals surface area (Å²) >= 11 is 0. The van der Waals surface area contributed by atoms with Crippen LogP contribution in [0.25, 0.3) is 0 Å². The predicted molar refractivity (Wildman–Crippen MR) is 64.7 cm³/mol. The molecule has 0 aliphatic rings. The first-order valence-electron chi connectivity index (χ1n) is 5.74. The second-order valence-corrected chi connectivity index (χ2v) is 4.28. The van der Waals surface area contributed by atoms with E-state index in [1.807, 2.05) is 0 Å². The fraction of sp³-hybridized carbons (Fsp3) is 0.417. The quantitative estimate of drug-likeness (QED) is 0.512. The maximum Gasteiger partial charge on any atom is 0.408 e. The Morgan fingerprint density at radius 1 is 1.33 bits per heavy atom. The van der Waals surface area contributed by atoms with Crippen molar-refractivity contribution in [2.75, 3.05) is 7.11 Å². The van der Waals surface area contributed by atoms with Gasteiger partial charge in [-0.1, -0.05) is 0 Å². The highest BCUT2D eigenvalue weighted by atomic mass is 19.4. The van der Waals surface area contributed by atoms with Gasteiger partial charge in [0.2, 0.25) is 0 Å².